The highest BCUT2D eigenvalue weighted by Gasteiger charge is 2.14. The van der Waals surface area contributed by atoms with E-state index < -0.39 is 0 Å². The molecule has 0 bridgehead atoms. The van der Waals surface area contributed by atoms with E-state index in [1.165, 1.54) is 11.8 Å². The maximum absolute atomic E-state index is 12.2. The van der Waals surface area contributed by atoms with Gasteiger partial charge in [0.2, 0.25) is 11.9 Å². The van der Waals surface area contributed by atoms with Gasteiger partial charge >= 0.3 is 0 Å². The van der Waals surface area contributed by atoms with Gasteiger partial charge in [-0.2, -0.15) is 4.98 Å². The number of thioether (sulfide) groups is 1. The number of H-pyrrole nitrogens is 1. The van der Waals surface area contributed by atoms with Gasteiger partial charge in [-0.3, -0.25) is 15.2 Å². The fourth-order valence-corrected chi connectivity index (χ4v) is 3.28. The van der Waals surface area contributed by atoms with Crippen molar-refractivity contribution in [1.29, 1.82) is 0 Å². The number of hydrogen-bond donors (Lipinski definition) is 2. The number of aromatic amines is 1. The zero-order valence-corrected chi connectivity index (χ0v) is 16.1. The summed E-state index contributed by atoms with van der Waals surface area (Å²) in [6.45, 7) is 2.02. The van der Waals surface area contributed by atoms with E-state index >= 15 is 0 Å². The zero-order chi connectivity index (χ0) is 19.2. The summed E-state index contributed by atoms with van der Waals surface area (Å²) in [7, 11) is 3.16. The predicted octanol–water partition coefficient (Wildman–Crippen LogP) is 3.53. The lowest BCUT2D eigenvalue weighted by molar-refractivity contribution is -0.113. The van der Waals surface area contributed by atoms with Crippen molar-refractivity contribution in [2.45, 2.75) is 11.8 Å². The van der Waals surface area contributed by atoms with Crippen LogP contribution in [0.5, 0.6) is 11.5 Å². The van der Waals surface area contributed by atoms with Crippen LogP contribution < -0.4 is 14.8 Å². The zero-order valence-electron chi connectivity index (χ0n) is 15.3. The molecule has 140 valence electrons. The van der Waals surface area contributed by atoms with Crippen LogP contribution in [0.25, 0.3) is 11.4 Å². The highest BCUT2D eigenvalue weighted by Crippen LogP contribution is 2.31. The minimum absolute atomic E-state index is 0.171. The minimum atomic E-state index is -0.171. The maximum atomic E-state index is 12.2. The number of nitrogens with one attached hydrogen (secondary N) is 2. The van der Waals surface area contributed by atoms with E-state index in [4.69, 9.17) is 9.47 Å². The number of aryl methyl sites for hydroxylation is 1. The Kier molecular flexibility index (Phi) is 5.97. The number of rotatable bonds is 7. The van der Waals surface area contributed by atoms with Gasteiger partial charge in [0.05, 0.1) is 25.5 Å². The van der Waals surface area contributed by atoms with Gasteiger partial charge in [-0.05, 0) is 30.7 Å². The van der Waals surface area contributed by atoms with Crippen molar-refractivity contribution < 1.29 is 14.3 Å². The van der Waals surface area contributed by atoms with Crippen LogP contribution in [0.15, 0.2) is 47.4 Å². The topological polar surface area (TPSA) is 89.1 Å². The third kappa shape index (κ3) is 4.59. The van der Waals surface area contributed by atoms with E-state index in [0.29, 0.717) is 17.3 Å². The number of carbonyl (C=O) groups excluding carboxylic acids is 1. The molecule has 2 N–H and O–H groups in total. The number of amides is 1. The van der Waals surface area contributed by atoms with Crippen molar-refractivity contribution in [3.8, 4) is 22.9 Å². The molecule has 0 spiro atoms. The third-order valence-electron chi connectivity index (χ3n) is 3.85. The van der Waals surface area contributed by atoms with Gasteiger partial charge in [-0.1, -0.05) is 18.2 Å². The molecule has 8 heteroatoms. The number of nitrogens with zero attached hydrogens (tertiary/aromatic N) is 2. The van der Waals surface area contributed by atoms with Crippen molar-refractivity contribution in [2.24, 2.45) is 0 Å². The molecule has 0 aliphatic rings. The molecule has 0 unspecified atom stereocenters. The van der Waals surface area contributed by atoms with Crippen LogP contribution in [0.2, 0.25) is 0 Å². The van der Waals surface area contributed by atoms with Crippen molar-refractivity contribution in [2.75, 3.05) is 25.3 Å². The Bertz CT molecular complexity index is 942. The summed E-state index contributed by atoms with van der Waals surface area (Å²) in [6, 6.07) is 13.3. The summed E-state index contributed by atoms with van der Waals surface area (Å²) in [6.07, 6.45) is 0. The van der Waals surface area contributed by atoms with E-state index in [2.05, 4.69) is 20.5 Å². The first-order valence-corrected chi connectivity index (χ1v) is 9.22. The van der Waals surface area contributed by atoms with Gasteiger partial charge in [-0.25, -0.2) is 0 Å². The monoisotopic (exact) mass is 384 g/mol. The number of carbonyl (C=O) groups is 1. The number of methoxy groups -OCH3 is 2. The van der Waals surface area contributed by atoms with Gasteiger partial charge in [0.15, 0.2) is 5.82 Å². The molecule has 1 aromatic heterocycles. The Labute approximate surface area is 161 Å². The Morgan fingerprint density at radius 3 is 2.74 bits per heavy atom. The molecule has 7 nitrogen and oxygen atoms in total. The Balaban J connectivity index is 1.66. The van der Waals surface area contributed by atoms with E-state index in [0.717, 1.165) is 16.0 Å². The molecule has 0 aliphatic carbocycles. The van der Waals surface area contributed by atoms with Gasteiger partial charge in [-0.15, -0.1) is 16.9 Å². The number of hydrogen-bond acceptors (Lipinski definition) is 6. The molecule has 1 amide bonds. The fraction of sp³-hybridized carbons (Fsp3) is 0.211. The fourth-order valence-electron chi connectivity index (χ4n) is 2.45. The predicted molar refractivity (Wildman–Crippen MR) is 105 cm³/mol. The molecule has 0 saturated carbocycles. The average molecular weight is 384 g/mol. The van der Waals surface area contributed by atoms with Gasteiger partial charge in [0.1, 0.15) is 11.5 Å². The summed E-state index contributed by atoms with van der Waals surface area (Å²) in [5.74, 6) is 2.10. The molecule has 3 rings (SSSR count). The third-order valence-corrected chi connectivity index (χ3v) is 5.03. The Morgan fingerprint density at radius 2 is 2.00 bits per heavy atom. The number of aromatic nitrogens is 3. The SMILES string of the molecule is COc1ccc(-c2nc(NC(=O)CSc3ccccc3C)n[nH]2)c(OC)c1. The minimum Gasteiger partial charge on any atom is -0.497 e. The molecule has 2 aromatic carbocycles. The summed E-state index contributed by atoms with van der Waals surface area (Å²) < 4.78 is 10.6. The van der Waals surface area contributed by atoms with Crippen molar-refractivity contribution in [3.63, 3.8) is 0 Å². The van der Waals surface area contributed by atoms with Gasteiger partial charge < -0.3 is 9.47 Å². The van der Waals surface area contributed by atoms with Crippen LogP contribution in [0.3, 0.4) is 0 Å². The first kappa shape index (κ1) is 18.8. The van der Waals surface area contributed by atoms with Crippen molar-refractivity contribution >= 4 is 23.6 Å². The molecular weight excluding hydrogens is 364 g/mol. The standard InChI is InChI=1S/C19H20N4O3S/c1-12-6-4-5-7-16(12)27-11-17(24)20-19-21-18(22-23-19)14-9-8-13(25-2)10-15(14)26-3/h4-10H,11H2,1-3H3,(H2,20,21,22,23,24). The lowest BCUT2D eigenvalue weighted by atomic mass is 10.2. The van der Waals surface area contributed by atoms with Crippen molar-refractivity contribution in [3.05, 3.63) is 48.0 Å². The number of benzene rings is 2. The number of ether oxygens (including phenoxy) is 2. The number of anilines is 1. The first-order chi connectivity index (χ1) is 13.1. The maximum Gasteiger partial charge on any atom is 0.249 e. The van der Waals surface area contributed by atoms with Crippen LogP contribution in [-0.4, -0.2) is 41.1 Å². The Morgan fingerprint density at radius 1 is 1.19 bits per heavy atom. The smallest absolute Gasteiger partial charge is 0.249 e. The second-order valence-corrected chi connectivity index (χ2v) is 6.69. The van der Waals surface area contributed by atoms with Crippen LogP contribution in [0.4, 0.5) is 5.95 Å². The first-order valence-electron chi connectivity index (χ1n) is 8.24. The second-order valence-electron chi connectivity index (χ2n) is 5.68. The van der Waals surface area contributed by atoms with Gasteiger partial charge in [0, 0.05) is 11.0 Å². The summed E-state index contributed by atoms with van der Waals surface area (Å²) in [5, 5.41) is 9.58. The van der Waals surface area contributed by atoms with Crippen LogP contribution in [0, 0.1) is 6.92 Å². The highest BCUT2D eigenvalue weighted by molar-refractivity contribution is 8.00. The average Bonchev–Trinajstić information content (AvgIpc) is 3.15. The Hall–Kier alpha value is -3.00. The van der Waals surface area contributed by atoms with Crippen LogP contribution in [0.1, 0.15) is 5.56 Å². The molecule has 0 aliphatic heterocycles. The molecule has 0 atom stereocenters. The summed E-state index contributed by atoms with van der Waals surface area (Å²) >= 11 is 1.48. The van der Waals surface area contributed by atoms with E-state index in [-0.39, 0.29) is 17.6 Å². The molecule has 0 saturated heterocycles. The normalized spacial score (nSPS) is 10.5. The van der Waals surface area contributed by atoms with Crippen LogP contribution in [-0.2, 0) is 4.79 Å². The largest absolute Gasteiger partial charge is 0.497 e. The quantitative estimate of drug-likeness (QED) is 0.606. The molecule has 27 heavy (non-hydrogen) atoms. The summed E-state index contributed by atoms with van der Waals surface area (Å²) in [4.78, 5) is 17.6. The highest BCUT2D eigenvalue weighted by atomic mass is 32.2. The summed E-state index contributed by atoms with van der Waals surface area (Å²) in [5.41, 5.74) is 1.86. The molecule has 0 fully saturated rings. The molecule has 3 aromatic rings. The van der Waals surface area contributed by atoms with E-state index in [1.54, 1.807) is 26.4 Å². The van der Waals surface area contributed by atoms with Gasteiger partial charge in [0.25, 0.3) is 0 Å². The van der Waals surface area contributed by atoms with E-state index in [1.807, 2.05) is 37.3 Å². The van der Waals surface area contributed by atoms with E-state index in [9.17, 15) is 4.79 Å². The molecule has 1 heterocycles. The lowest BCUT2D eigenvalue weighted by Crippen LogP contribution is -2.15. The molecular formula is C19H20N4O3S. The molecule has 0 radical (unpaired) electrons. The second kappa shape index (κ2) is 8.59. The lowest BCUT2D eigenvalue weighted by Gasteiger charge is -2.07. The van der Waals surface area contributed by atoms with Crippen molar-refractivity contribution in [1.82, 2.24) is 15.2 Å². The van der Waals surface area contributed by atoms with Crippen LogP contribution >= 0.6 is 11.8 Å².